The molecule has 1 unspecified atom stereocenters. The van der Waals surface area contributed by atoms with E-state index in [9.17, 15) is 19.5 Å². The van der Waals surface area contributed by atoms with E-state index >= 15 is 0 Å². The number of carboxylic acid groups (broad SMARTS) is 1. The summed E-state index contributed by atoms with van der Waals surface area (Å²) in [5, 5.41) is 15.5. The highest BCUT2D eigenvalue weighted by Crippen LogP contribution is 2.20. The Bertz CT molecular complexity index is 1210. The van der Waals surface area contributed by atoms with E-state index < -0.39 is 30.1 Å². The van der Waals surface area contributed by atoms with Gasteiger partial charge in [-0.25, -0.2) is 24.4 Å². The fourth-order valence-electron chi connectivity index (χ4n) is 3.19. The monoisotopic (exact) mass is 508 g/mol. The third kappa shape index (κ3) is 7.88. The molecule has 0 spiro atoms. The molecule has 3 aromatic rings. The number of anilines is 2. The van der Waals surface area contributed by atoms with Gasteiger partial charge in [-0.1, -0.05) is 42.5 Å². The molecular weight excluding hydrogens is 480 g/mol. The van der Waals surface area contributed by atoms with Gasteiger partial charge in [0.05, 0.1) is 6.61 Å². The maximum atomic E-state index is 12.5. The molecular formula is C25H28N6O6. The lowest BCUT2D eigenvalue weighted by atomic mass is 10.1. The first-order valence-electron chi connectivity index (χ1n) is 11.4. The molecule has 3 rings (SSSR count). The Morgan fingerprint density at radius 2 is 1.62 bits per heavy atom. The van der Waals surface area contributed by atoms with Crippen LogP contribution in [-0.4, -0.2) is 69.7 Å². The number of carbonyl (C=O) groups excluding carboxylic acids is 2. The number of esters is 1. The van der Waals surface area contributed by atoms with E-state index in [-0.39, 0.29) is 24.9 Å². The Hall–Kier alpha value is -4.74. The van der Waals surface area contributed by atoms with Crippen LogP contribution in [0.15, 0.2) is 60.9 Å². The van der Waals surface area contributed by atoms with E-state index in [2.05, 4.69) is 25.6 Å². The summed E-state index contributed by atoms with van der Waals surface area (Å²) in [6.07, 6.45) is 0.785. The SMILES string of the molecule is CCOC(=O)C(Nc1ncnc(N[C@@H](Cc2ccc(OC(=O)N(C)C)cc2)C(=O)O)n1)c1ccccc1. The first-order chi connectivity index (χ1) is 17.8. The average molecular weight is 509 g/mol. The van der Waals surface area contributed by atoms with Crippen LogP contribution in [0.3, 0.4) is 0 Å². The van der Waals surface area contributed by atoms with Crippen LogP contribution in [0.25, 0.3) is 0 Å². The lowest BCUT2D eigenvalue weighted by Crippen LogP contribution is -2.32. The summed E-state index contributed by atoms with van der Waals surface area (Å²) < 4.78 is 10.3. The van der Waals surface area contributed by atoms with Crippen LogP contribution in [0, 0.1) is 0 Å². The summed E-state index contributed by atoms with van der Waals surface area (Å²) in [6.45, 7) is 1.91. The highest BCUT2D eigenvalue weighted by molar-refractivity contribution is 5.80. The van der Waals surface area contributed by atoms with Gasteiger partial charge in [0.15, 0.2) is 6.04 Å². The average Bonchev–Trinajstić information content (AvgIpc) is 2.88. The third-order valence-electron chi connectivity index (χ3n) is 5.04. The van der Waals surface area contributed by atoms with Gasteiger partial charge in [-0.2, -0.15) is 4.98 Å². The quantitative estimate of drug-likeness (QED) is 0.327. The maximum Gasteiger partial charge on any atom is 0.414 e. The molecule has 3 N–H and O–H groups in total. The van der Waals surface area contributed by atoms with E-state index in [0.717, 1.165) is 0 Å². The molecule has 194 valence electrons. The highest BCUT2D eigenvalue weighted by atomic mass is 16.6. The summed E-state index contributed by atoms with van der Waals surface area (Å²) in [4.78, 5) is 49.7. The molecule has 0 aliphatic heterocycles. The fourth-order valence-corrected chi connectivity index (χ4v) is 3.19. The maximum absolute atomic E-state index is 12.5. The lowest BCUT2D eigenvalue weighted by Gasteiger charge is -2.18. The number of carboxylic acids is 1. The number of benzene rings is 2. The predicted octanol–water partition coefficient (Wildman–Crippen LogP) is 2.76. The second-order valence-corrected chi connectivity index (χ2v) is 8.02. The third-order valence-corrected chi connectivity index (χ3v) is 5.04. The van der Waals surface area contributed by atoms with Crippen LogP contribution in [0.5, 0.6) is 5.75 Å². The van der Waals surface area contributed by atoms with Gasteiger partial charge in [0.25, 0.3) is 0 Å². The number of amides is 1. The summed E-state index contributed by atoms with van der Waals surface area (Å²) in [7, 11) is 3.14. The van der Waals surface area contributed by atoms with Crippen molar-refractivity contribution in [2.75, 3.05) is 31.3 Å². The molecule has 12 nitrogen and oxygen atoms in total. The number of hydrogen-bond donors (Lipinski definition) is 3. The van der Waals surface area contributed by atoms with E-state index in [1.165, 1.54) is 11.2 Å². The van der Waals surface area contributed by atoms with Crippen LogP contribution in [0.4, 0.5) is 16.7 Å². The molecule has 0 fully saturated rings. The van der Waals surface area contributed by atoms with Crippen molar-refractivity contribution < 1.29 is 29.0 Å². The molecule has 0 saturated heterocycles. The predicted molar refractivity (Wildman–Crippen MR) is 134 cm³/mol. The van der Waals surface area contributed by atoms with Crippen LogP contribution in [0.1, 0.15) is 24.1 Å². The van der Waals surface area contributed by atoms with Crippen molar-refractivity contribution in [1.29, 1.82) is 0 Å². The number of nitrogens with one attached hydrogen (secondary N) is 2. The smallest absolute Gasteiger partial charge is 0.414 e. The lowest BCUT2D eigenvalue weighted by molar-refractivity contribution is -0.144. The van der Waals surface area contributed by atoms with Gasteiger partial charge >= 0.3 is 18.0 Å². The Balaban J connectivity index is 1.71. The molecule has 0 saturated carbocycles. The number of ether oxygens (including phenoxy) is 2. The molecule has 0 radical (unpaired) electrons. The number of rotatable bonds is 11. The second kappa shape index (κ2) is 12.8. The summed E-state index contributed by atoms with van der Waals surface area (Å²) in [5.74, 6) is -1.21. The van der Waals surface area contributed by atoms with Crippen molar-refractivity contribution in [3.63, 3.8) is 0 Å². The van der Waals surface area contributed by atoms with Gasteiger partial charge in [0.1, 0.15) is 18.1 Å². The molecule has 0 bridgehead atoms. The zero-order chi connectivity index (χ0) is 26.8. The molecule has 0 aliphatic carbocycles. The van der Waals surface area contributed by atoms with Crippen molar-refractivity contribution in [2.45, 2.75) is 25.4 Å². The topological polar surface area (TPSA) is 156 Å². The second-order valence-electron chi connectivity index (χ2n) is 8.02. The van der Waals surface area contributed by atoms with E-state index in [1.54, 1.807) is 69.6 Å². The number of carbonyl (C=O) groups is 3. The molecule has 12 heteroatoms. The summed E-state index contributed by atoms with van der Waals surface area (Å²) >= 11 is 0. The van der Waals surface area contributed by atoms with Gasteiger partial charge < -0.3 is 30.1 Å². The summed E-state index contributed by atoms with van der Waals surface area (Å²) in [6, 6.07) is 13.5. The fraction of sp³-hybridized carbons (Fsp3) is 0.280. The van der Waals surface area contributed by atoms with Crippen molar-refractivity contribution in [1.82, 2.24) is 19.9 Å². The number of nitrogens with zero attached hydrogens (tertiary/aromatic N) is 4. The number of aromatic nitrogens is 3. The van der Waals surface area contributed by atoms with Gasteiger partial charge in [0.2, 0.25) is 11.9 Å². The minimum atomic E-state index is -1.12. The Kier molecular flexibility index (Phi) is 9.30. The number of aliphatic carboxylic acids is 1. The first kappa shape index (κ1) is 26.9. The molecule has 2 aromatic carbocycles. The van der Waals surface area contributed by atoms with Crippen LogP contribution >= 0.6 is 0 Å². The Morgan fingerprint density at radius 3 is 2.22 bits per heavy atom. The van der Waals surface area contributed by atoms with Gasteiger partial charge in [0, 0.05) is 20.5 Å². The molecule has 0 aliphatic rings. The van der Waals surface area contributed by atoms with Crippen LogP contribution in [-0.2, 0) is 20.7 Å². The van der Waals surface area contributed by atoms with Crippen LogP contribution < -0.4 is 15.4 Å². The normalized spacial score (nSPS) is 12.1. The first-order valence-corrected chi connectivity index (χ1v) is 11.4. The molecule has 1 amide bonds. The standard InChI is InChI=1S/C25H28N6O6/c1-4-36-22(34)20(17-8-6-5-7-9-17)29-24-27-15-26-23(30-24)28-19(21(32)33)14-16-10-12-18(13-11-16)37-25(35)31(2)3/h5-13,15,19-20H,4,14H2,1-3H3,(H,32,33)(H2,26,27,28,29,30)/t19-,20?/m0/s1. The van der Waals surface area contributed by atoms with Crippen molar-refractivity contribution >= 4 is 29.9 Å². The Labute approximate surface area is 213 Å². The largest absolute Gasteiger partial charge is 0.480 e. The minimum absolute atomic E-state index is 0.0112. The molecule has 1 aromatic heterocycles. The van der Waals surface area contributed by atoms with E-state index in [0.29, 0.717) is 16.9 Å². The van der Waals surface area contributed by atoms with Crippen molar-refractivity contribution in [2.24, 2.45) is 0 Å². The summed E-state index contributed by atoms with van der Waals surface area (Å²) in [5.41, 5.74) is 1.34. The zero-order valence-electron chi connectivity index (χ0n) is 20.6. The minimum Gasteiger partial charge on any atom is -0.480 e. The zero-order valence-corrected chi connectivity index (χ0v) is 20.6. The van der Waals surface area contributed by atoms with Gasteiger partial charge in [-0.05, 0) is 30.2 Å². The Morgan fingerprint density at radius 1 is 0.973 bits per heavy atom. The van der Waals surface area contributed by atoms with Gasteiger partial charge in [-0.3, -0.25) is 0 Å². The highest BCUT2D eigenvalue weighted by Gasteiger charge is 2.24. The van der Waals surface area contributed by atoms with Crippen molar-refractivity contribution in [3.05, 3.63) is 72.1 Å². The molecule has 1 heterocycles. The van der Waals surface area contributed by atoms with Gasteiger partial charge in [-0.15, -0.1) is 0 Å². The van der Waals surface area contributed by atoms with E-state index in [1.807, 2.05) is 6.07 Å². The van der Waals surface area contributed by atoms with E-state index in [4.69, 9.17) is 9.47 Å². The molecule has 2 atom stereocenters. The molecule has 37 heavy (non-hydrogen) atoms. The number of hydrogen-bond acceptors (Lipinski definition) is 10. The van der Waals surface area contributed by atoms with Crippen LogP contribution in [0.2, 0.25) is 0 Å². The van der Waals surface area contributed by atoms with Crippen molar-refractivity contribution in [3.8, 4) is 5.75 Å².